The Morgan fingerprint density at radius 2 is 1.64 bits per heavy atom. The van der Waals surface area contributed by atoms with Crippen LogP contribution in [0, 0.1) is 0 Å². The Morgan fingerprint density at radius 3 is 2.07 bits per heavy atom. The fourth-order valence-corrected chi connectivity index (χ4v) is 0.796. The molecule has 0 atom stereocenters. The maximum atomic E-state index is 9.68. The lowest BCUT2D eigenvalue weighted by molar-refractivity contribution is -0.108. The normalized spacial score (nSPS) is 9.29. The van der Waals surface area contributed by atoms with E-state index in [2.05, 4.69) is 13.8 Å². The summed E-state index contributed by atoms with van der Waals surface area (Å²) < 4.78 is 0. The molecular formula is C12H22O2. The molecular weight excluding hydrogens is 176 g/mol. The summed E-state index contributed by atoms with van der Waals surface area (Å²) in [5.74, 6) is 0. The van der Waals surface area contributed by atoms with Crippen LogP contribution in [-0.4, -0.2) is 12.6 Å². The lowest BCUT2D eigenvalue weighted by Crippen LogP contribution is -1.73. The molecule has 14 heavy (non-hydrogen) atoms. The molecule has 0 amide bonds. The third-order valence-corrected chi connectivity index (χ3v) is 1.60. The number of hydrogen-bond acceptors (Lipinski definition) is 2. The van der Waals surface area contributed by atoms with Crippen LogP contribution < -0.4 is 0 Å². The number of carbonyl (C=O) groups excluding carboxylic acids is 2. The van der Waals surface area contributed by atoms with Crippen molar-refractivity contribution >= 4 is 12.6 Å². The van der Waals surface area contributed by atoms with Gasteiger partial charge in [-0.25, -0.2) is 0 Å². The number of aldehydes is 2. The second-order valence-electron chi connectivity index (χ2n) is 3.02. The minimum Gasteiger partial charge on any atom is -0.303 e. The largest absolute Gasteiger partial charge is 0.303 e. The molecule has 0 unspecified atom stereocenters. The van der Waals surface area contributed by atoms with Crippen molar-refractivity contribution < 1.29 is 9.59 Å². The van der Waals surface area contributed by atoms with Gasteiger partial charge >= 0.3 is 0 Å². The van der Waals surface area contributed by atoms with E-state index >= 15 is 0 Å². The molecule has 2 heteroatoms. The molecule has 0 N–H and O–H groups in total. The fourth-order valence-electron chi connectivity index (χ4n) is 0.796. The van der Waals surface area contributed by atoms with Crippen LogP contribution in [0.3, 0.4) is 0 Å². The highest BCUT2D eigenvalue weighted by molar-refractivity contribution is 5.64. The maximum Gasteiger partial charge on any atom is 0.142 e. The number of unbranched alkanes of at least 4 members (excludes halogenated alkanes) is 4. The number of hydrogen-bond donors (Lipinski definition) is 0. The predicted octanol–water partition coefficient (Wildman–Crippen LogP) is 3.31. The number of carbonyl (C=O) groups is 2. The van der Waals surface area contributed by atoms with E-state index in [0.29, 0.717) is 0 Å². The first kappa shape index (κ1) is 15.5. The molecule has 2 nitrogen and oxygen atoms in total. The Bertz CT molecular complexity index is 139. The third-order valence-electron chi connectivity index (χ3n) is 1.60. The van der Waals surface area contributed by atoms with Crippen molar-refractivity contribution in [1.29, 1.82) is 0 Å². The molecule has 0 fully saturated rings. The summed E-state index contributed by atoms with van der Waals surface area (Å²) >= 11 is 0. The molecule has 0 aromatic rings. The van der Waals surface area contributed by atoms with Crippen LogP contribution in [0.2, 0.25) is 0 Å². The molecule has 0 bridgehead atoms. The van der Waals surface area contributed by atoms with E-state index in [1.165, 1.54) is 18.9 Å². The van der Waals surface area contributed by atoms with Crippen LogP contribution in [0.25, 0.3) is 0 Å². The summed E-state index contributed by atoms with van der Waals surface area (Å²) in [4.78, 5) is 19.3. The van der Waals surface area contributed by atoms with Gasteiger partial charge in [0.05, 0.1) is 0 Å². The molecule has 0 rings (SSSR count). The van der Waals surface area contributed by atoms with Crippen LogP contribution in [0.4, 0.5) is 0 Å². The predicted molar refractivity (Wildman–Crippen MR) is 60.3 cm³/mol. The summed E-state index contributed by atoms with van der Waals surface area (Å²) in [6.07, 6.45) is 11.5. The fraction of sp³-hybridized carbons (Fsp3) is 0.667. The van der Waals surface area contributed by atoms with Gasteiger partial charge in [-0.05, 0) is 18.9 Å². The Labute approximate surface area is 87.4 Å². The Morgan fingerprint density at radius 1 is 0.929 bits per heavy atom. The molecule has 0 radical (unpaired) electrons. The van der Waals surface area contributed by atoms with E-state index in [0.717, 1.165) is 38.3 Å². The maximum absolute atomic E-state index is 9.68. The van der Waals surface area contributed by atoms with Crippen LogP contribution in [-0.2, 0) is 9.59 Å². The minimum absolute atomic E-state index is 0.744. The van der Waals surface area contributed by atoms with Crippen molar-refractivity contribution in [3.63, 3.8) is 0 Å². The van der Waals surface area contributed by atoms with E-state index in [9.17, 15) is 9.59 Å². The molecule has 82 valence electrons. The van der Waals surface area contributed by atoms with E-state index in [1.807, 2.05) is 6.08 Å². The first-order valence-electron chi connectivity index (χ1n) is 5.37. The second-order valence-corrected chi connectivity index (χ2v) is 3.02. The first-order valence-corrected chi connectivity index (χ1v) is 5.37. The smallest absolute Gasteiger partial charge is 0.142 e. The van der Waals surface area contributed by atoms with Gasteiger partial charge in [0.2, 0.25) is 0 Å². The van der Waals surface area contributed by atoms with Crippen molar-refractivity contribution in [2.24, 2.45) is 0 Å². The highest BCUT2D eigenvalue weighted by Gasteiger charge is 1.80. The van der Waals surface area contributed by atoms with Crippen LogP contribution >= 0.6 is 0 Å². The Kier molecular flexibility index (Phi) is 20.0. The van der Waals surface area contributed by atoms with Crippen LogP contribution in [0.1, 0.15) is 52.4 Å². The van der Waals surface area contributed by atoms with Gasteiger partial charge in [-0.1, -0.05) is 39.2 Å². The van der Waals surface area contributed by atoms with Crippen molar-refractivity contribution in [2.75, 3.05) is 0 Å². The average Bonchev–Trinajstić information content (AvgIpc) is 2.21. The molecule has 0 aliphatic carbocycles. The zero-order chi connectivity index (χ0) is 11.1. The first-order chi connectivity index (χ1) is 6.83. The topological polar surface area (TPSA) is 34.1 Å². The minimum atomic E-state index is 0.744. The second kappa shape index (κ2) is 18.0. The van der Waals surface area contributed by atoms with Crippen LogP contribution in [0.15, 0.2) is 12.2 Å². The van der Waals surface area contributed by atoms with Gasteiger partial charge in [-0.3, -0.25) is 4.79 Å². The zero-order valence-electron chi connectivity index (χ0n) is 9.37. The quantitative estimate of drug-likeness (QED) is 0.357. The van der Waals surface area contributed by atoms with E-state index in [1.54, 1.807) is 0 Å². The van der Waals surface area contributed by atoms with Crippen molar-refractivity contribution in [3.05, 3.63) is 12.2 Å². The van der Waals surface area contributed by atoms with E-state index < -0.39 is 0 Å². The zero-order valence-corrected chi connectivity index (χ0v) is 9.37. The molecule has 0 saturated carbocycles. The highest BCUT2D eigenvalue weighted by Crippen LogP contribution is 1.94. The molecule has 0 aliphatic heterocycles. The molecule has 0 aliphatic rings. The van der Waals surface area contributed by atoms with Gasteiger partial charge in [-0.2, -0.15) is 0 Å². The molecule has 0 saturated heterocycles. The third kappa shape index (κ3) is 22.5. The monoisotopic (exact) mass is 198 g/mol. The number of allylic oxidation sites excluding steroid dienone is 2. The van der Waals surface area contributed by atoms with Crippen molar-refractivity contribution in [1.82, 2.24) is 0 Å². The Balaban J connectivity index is 0. The van der Waals surface area contributed by atoms with Gasteiger partial charge in [0.1, 0.15) is 12.6 Å². The summed E-state index contributed by atoms with van der Waals surface area (Å²) in [5.41, 5.74) is 0. The SMILES string of the molecule is CCC/C=C/C=O.CCCCCC=O. The summed E-state index contributed by atoms with van der Waals surface area (Å²) in [6.45, 7) is 4.21. The lowest BCUT2D eigenvalue weighted by Gasteiger charge is -1.85. The van der Waals surface area contributed by atoms with Crippen molar-refractivity contribution in [3.8, 4) is 0 Å². The number of rotatable bonds is 7. The standard InChI is InChI=1S/C6H12O.C6H10O/c2*1-2-3-4-5-6-7/h6H,2-5H2,1H3;4-6H,2-3H2,1H3/b;5-4+. The molecule has 0 aromatic heterocycles. The van der Waals surface area contributed by atoms with Gasteiger partial charge in [0.15, 0.2) is 0 Å². The summed E-state index contributed by atoms with van der Waals surface area (Å²) in [6, 6.07) is 0. The lowest BCUT2D eigenvalue weighted by atomic mass is 10.2. The van der Waals surface area contributed by atoms with Gasteiger partial charge in [-0.15, -0.1) is 0 Å². The molecule has 0 spiro atoms. The summed E-state index contributed by atoms with van der Waals surface area (Å²) in [5, 5.41) is 0. The van der Waals surface area contributed by atoms with Crippen molar-refractivity contribution in [2.45, 2.75) is 52.4 Å². The molecule has 0 aromatic carbocycles. The Hall–Kier alpha value is -0.920. The van der Waals surface area contributed by atoms with Gasteiger partial charge in [0, 0.05) is 6.42 Å². The van der Waals surface area contributed by atoms with Gasteiger partial charge in [0.25, 0.3) is 0 Å². The highest BCUT2D eigenvalue weighted by atomic mass is 16.1. The van der Waals surface area contributed by atoms with Crippen LogP contribution in [0.5, 0.6) is 0 Å². The van der Waals surface area contributed by atoms with Gasteiger partial charge < -0.3 is 4.79 Å². The average molecular weight is 198 g/mol. The van der Waals surface area contributed by atoms with E-state index in [-0.39, 0.29) is 0 Å². The molecule has 0 heterocycles. The van der Waals surface area contributed by atoms with E-state index in [4.69, 9.17) is 0 Å². The summed E-state index contributed by atoms with van der Waals surface area (Å²) in [7, 11) is 0.